The van der Waals surface area contributed by atoms with Gasteiger partial charge in [-0.1, -0.05) is 24.3 Å². The minimum absolute atomic E-state index is 0.195. The van der Waals surface area contributed by atoms with Gasteiger partial charge in [0.15, 0.2) is 0 Å². The van der Waals surface area contributed by atoms with Crippen molar-refractivity contribution < 1.29 is 5.11 Å². The Kier molecular flexibility index (Phi) is 4.71. The van der Waals surface area contributed by atoms with Crippen molar-refractivity contribution in [3.8, 4) is 0 Å². The highest BCUT2D eigenvalue weighted by Crippen LogP contribution is 2.23. The number of nitrogens with zero attached hydrogens (tertiary/aromatic N) is 1. The van der Waals surface area contributed by atoms with Crippen molar-refractivity contribution in [1.82, 2.24) is 4.98 Å². The van der Waals surface area contributed by atoms with E-state index in [0.29, 0.717) is 12.5 Å². The molecule has 0 aliphatic heterocycles. The van der Waals surface area contributed by atoms with Crippen molar-refractivity contribution >= 4 is 27.2 Å². The Morgan fingerprint density at radius 1 is 1.14 bits per heavy atom. The highest BCUT2D eigenvalue weighted by Gasteiger charge is 2.08. The monoisotopic (exact) mass is 312 g/mol. The van der Waals surface area contributed by atoms with Crippen molar-refractivity contribution in [3.63, 3.8) is 0 Å². The number of aliphatic hydroxyl groups excluding tert-OH is 1. The lowest BCUT2D eigenvalue weighted by Gasteiger charge is -2.14. The van der Waals surface area contributed by atoms with E-state index in [1.165, 1.54) is 4.70 Å². The molecule has 0 aliphatic rings. The van der Waals surface area contributed by atoms with Gasteiger partial charge in [0.1, 0.15) is 0 Å². The minimum Gasteiger partial charge on any atom is -0.396 e. The van der Waals surface area contributed by atoms with Gasteiger partial charge in [-0.15, -0.1) is 11.3 Å². The summed E-state index contributed by atoms with van der Waals surface area (Å²) in [6.07, 6.45) is 1.62. The Bertz CT molecular complexity index is 703. The summed E-state index contributed by atoms with van der Waals surface area (Å²) in [5.74, 6) is 0. The maximum absolute atomic E-state index is 8.94. The lowest BCUT2D eigenvalue weighted by molar-refractivity contribution is 0.299. The molecule has 0 saturated heterocycles. The van der Waals surface area contributed by atoms with Gasteiger partial charge in [0, 0.05) is 24.8 Å². The summed E-state index contributed by atoms with van der Waals surface area (Å²) in [6.45, 7) is 2.37. The zero-order valence-electron chi connectivity index (χ0n) is 12.6. The van der Waals surface area contributed by atoms with Crippen LogP contribution in [0.3, 0.4) is 0 Å². The van der Waals surface area contributed by atoms with E-state index < -0.39 is 0 Å². The molecule has 22 heavy (non-hydrogen) atoms. The third-order valence-corrected chi connectivity index (χ3v) is 4.65. The number of benzene rings is 2. The van der Waals surface area contributed by atoms with Crippen molar-refractivity contribution in [2.45, 2.75) is 25.8 Å². The topological polar surface area (TPSA) is 45.2 Å². The summed E-state index contributed by atoms with van der Waals surface area (Å²) in [7, 11) is 0. The lowest BCUT2D eigenvalue weighted by atomic mass is 10.1. The Labute approximate surface area is 134 Å². The predicted octanol–water partition coefficient (Wildman–Crippen LogP) is 3.87. The Hall–Kier alpha value is -1.91. The molecule has 0 amide bonds. The van der Waals surface area contributed by atoms with Gasteiger partial charge in [-0.05, 0) is 43.2 Å². The number of aromatic nitrogens is 1. The van der Waals surface area contributed by atoms with Crippen LogP contribution in [0.25, 0.3) is 10.2 Å². The first-order valence-electron chi connectivity index (χ1n) is 7.55. The van der Waals surface area contributed by atoms with E-state index in [1.807, 2.05) is 6.07 Å². The van der Waals surface area contributed by atoms with Crippen LogP contribution in [0.1, 0.15) is 17.5 Å². The van der Waals surface area contributed by atoms with E-state index in [-0.39, 0.29) is 6.61 Å². The molecular weight excluding hydrogens is 292 g/mol. The zero-order chi connectivity index (χ0) is 15.4. The number of aliphatic hydroxyl groups is 1. The predicted molar refractivity (Wildman–Crippen MR) is 93.6 cm³/mol. The summed E-state index contributed by atoms with van der Waals surface area (Å²) in [6, 6.07) is 16.8. The third-order valence-electron chi connectivity index (χ3n) is 3.59. The van der Waals surface area contributed by atoms with E-state index >= 15 is 0 Å². The van der Waals surface area contributed by atoms with Crippen LogP contribution in [-0.2, 0) is 12.8 Å². The van der Waals surface area contributed by atoms with Gasteiger partial charge in [0.05, 0.1) is 15.2 Å². The Balaban J connectivity index is 1.62. The quantitative estimate of drug-likeness (QED) is 0.726. The molecule has 4 heteroatoms. The van der Waals surface area contributed by atoms with Crippen LogP contribution in [0, 0.1) is 0 Å². The summed E-state index contributed by atoms with van der Waals surface area (Å²) in [4.78, 5) is 4.68. The van der Waals surface area contributed by atoms with Crippen LogP contribution in [0.5, 0.6) is 0 Å². The molecule has 1 aromatic heterocycles. The summed E-state index contributed by atoms with van der Waals surface area (Å²) in [5.41, 5.74) is 3.35. The fraction of sp³-hybridized carbons (Fsp3) is 0.278. The normalized spacial score (nSPS) is 12.5. The molecule has 0 aliphatic carbocycles. The molecule has 1 atom stereocenters. The van der Waals surface area contributed by atoms with Gasteiger partial charge < -0.3 is 10.4 Å². The van der Waals surface area contributed by atoms with E-state index in [4.69, 9.17) is 5.11 Å². The number of hydrogen-bond donors (Lipinski definition) is 2. The first kappa shape index (κ1) is 15.0. The number of fused-ring (bicyclic) bond motifs is 1. The van der Waals surface area contributed by atoms with E-state index in [1.54, 1.807) is 11.3 Å². The molecule has 3 aromatic rings. The molecule has 2 aromatic carbocycles. The Morgan fingerprint density at radius 3 is 2.64 bits per heavy atom. The van der Waals surface area contributed by atoms with Gasteiger partial charge >= 0.3 is 0 Å². The molecule has 114 valence electrons. The van der Waals surface area contributed by atoms with Gasteiger partial charge in [0.2, 0.25) is 0 Å². The van der Waals surface area contributed by atoms with Crippen molar-refractivity contribution in [2.75, 3.05) is 11.9 Å². The summed E-state index contributed by atoms with van der Waals surface area (Å²) in [5, 5.41) is 13.6. The third kappa shape index (κ3) is 3.64. The van der Waals surface area contributed by atoms with Gasteiger partial charge in [-0.2, -0.15) is 0 Å². The van der Waals surface area contributed by atoms with Gasteiger partial charge in [0.25, 0.3) is 0 Å². The molecule has 0 bridgehead atoms. The second-order valence-corrected chi connectivity index (χ2v) is 6.61. The fourth-order valence-electron chi connectivity index (χ4n) is 2.50. The molecule has 0 radical (unpaired) electrons. The fourth-order valence-corrected chi connectivity index (χ4v) is 3.60. The molecule has 0 spiro atoms. The second kappa shape index (κ2) is 6.90. The first-order chi connectivity index (χ1) is 10.7. The largest absolute Gasteiger partial charge is 0.396 e. The first-order valence-corrected chi connectivity index (χ1v) is 8.37. The minimum atomic E-state index is 0.195. The number of thiazole rings is 1. The smallest absolute Gasteiger partial charge is 0.0958 e. The second-order valence-electron chi connectivity index (χ2n) is 5.50. The highest BCUT2D eigenvalue weighted by molar-refractivity contribution is 7.18. The number of anilines is 1. The van der Waals surface area contributed by atoms with Gasteiger partial charge in [-0.3, -0.25) is 0 Å². The maximum Gasteiger partial charge on any atom is 0.0958 e. The number of nitrogens with one attached hydrogen (secondary N) is 1. The van der Waals surface area contributed by atoms with Crippen LogP contribution < -0.4 is 5.32 Å². The molecular formula is C18H20N2OS. The maximum atomic E-state index is 8.94. The van der Waals surface area contributed by atoms with Gasteiger partial charge in [-0.25, -0.2) is 4.98 Å². The zero-order valence-corrected chi connectivity index (χ0v) is 13.4. The van der Waals surface area contributed by atoms with Crippen molar-refractivity contribution in [2.24, 2.45) is 0 Å². The average molecular weight is 312 g/mol. The SMILES string of the molecule is CC(Cc1nc2ccccc2s1)Nc1ccc(CCO)cc1. The van der Waals surface area contributed by atoms with Crippen molar-refractivity contribution in [1.29, 1.82) is 0 Å². The number of rotatable bonds is 6. The molecule has 3 nitrogen and oxygen atoms in total. The van der Waals surface area contributed by atoms with E-state index in [2.05, 4.69) is 59.7 Å². The van der Waals surface area contributed by atoms with E-state index in [0.717, 1.165) is 28.2 Å². The van der Waals surface area contributed by atoms with Crippen LogP contribution in [-0.4, -0.2) is 22.7 Å². The van der Waals surface area contributed by atoms with Crippen molar-refractivity contribution in [3.05, 3.63) is 59.1 Å². The summed E-state index contributed by atoms with van der Waals surface area (Å²) >= 11 is 1.77. The number of hydrogen-bond acceptors (Lipinski definition) is 4. The number of para-hydroxylation sites is 1. The summed E-state index contributed by atoms with van der Waals surface area (Å²) < 4.78 is 1.25. The highest BCUT2D eigenvalue weighted by atomic mass is 32.1. The molecule has 0 fully saturated rings. The van der Waals surface area contributed by atoms with Crippen LogP contribution in [0.2, 0.25) is 0 Å². The lowest BCUT2D eigenvalue weighted by Crippen LogP contribution is -2.17. The average Bonchev–Trinajstić information content (AvgIpc) is 2.91. The molecule has 1 heterocycles. The Morgan fingerprint density at radius 2 is 1.91 bits per heavy atom. The standard InChI is InChI=1S/C18H20N2OS/c1-13(19-15-8-6-14(7-9-15)10-11-21)12-18-20-16-4-2-3-5-17(16)22-18/h2-9,13,19,21H,10-12H2,1H3. The molecule has 2 N–H and O–H groups in total. The molecule has 3 rings (SSSR count). The van der Waals surface area contributed by atoms with Crippen LogP contribution in [0.15, 0.2) is 48.5 Å². The van der Waals surface area contributed by atoms with Crippen LogP contribution in [0.4, 0.5) is 5.69 Å². The van der Waals surface area contributed by atoms with Crippen LogP contribution >= 0.6 is 11.3 Å². The molecule has 1 unspecified atom stereocenters. The van der Waals surface area contributed by atoms with E-state index in [9.17, 15) is 0 Å². The molecule has 0 saturated carbocycles.